The Balaban J connectivity index is 2.73. The maximum atomic E-state index is 12.1. The number of ether oxygens (including phenoxy) is 1. The summed E-state index contributed by atoms with van der Waals surface area (Å²) in [6.07, 6.45) is -0.262. The second-order valence-electron chi connectivity index (χ2n) is 2.73. The van der Waals surface area contributed by atoms with Crippen LogP contribution in [-0.4, -0.2) is 11.6 Å². The van der Waals surface area contributed by atoms with Crippen molar-refractivity contribution >= 4 is 6.08 Å². The molecule has 0 unspecified atom stereocenters. The summed E-state index contributed by atoms with van der Waals surface area (Å²) in [4.78, 5) is 3.30. The molecule has 1 rings (SSSR count). The largest absolute Gasteiger partial charge is 0.501 e. The van der Waals surface area contributed by atoms with Crippen molar-refractivity contribution in [1.29, 1.82) is 0 Å². The Morgan fingerprint density at radius 3 is 2.60 bits per heavy atom. The van der Waals surface area contributed by atoms with Crippen molar-refractivity contribution < 1.29 is 17.9 Å². The first-order valence-corrected chi connectivity index (χ1v) is 4.35. The molecule has 82 valence electrons. The Hall–Kier alpha value is -1.52. The lowest BCUT2D eigenvalue weighted by molar-refractivity contribution is -0.141. The molecule has 0 aliphatic carbocycles. The Morgan fingerprint density at radius 1 is 1.40 bits per heavy atom. The first-order chi connectivity index (χ1) is 7.04. The lowest BCUT2D eigenvalue weighted by Gasteiger charge is -2.04. The molecule has 5 heteroatoms. The summed E-state index contributed by atoms with van der Waals surface area (Å²) in [6, 6.07) is 2.27. The molecule has 1 heterocycles. The number of aromatic nitrogens is 1. The molecule has 0 aliphatic rings. The second kappa shape index (κ2) is 4.82. The smallest absolute Gasteiger partial charge is 0.433 e. The van der Waals surface area contributed by atoms with Gasteiger partial charge in [-0.15, -0.1) is 0 Å². The summed E-state index contributed by atoms with van der Waals surface area (Å²) in [6.45, 7) is 2.33. The van der Waals surface area contributed by atoms with Crippen LogP contribution in [0.2, 0.25) is 0 Å². The van der Waals surface area contributed by atoms with Gasteiger partial charge in [0.2, 0.25) is 0 Å². The highest BCUT2D eigenvalue weighted by atomic mass is 19.4. The van der Waals surface area contributed by atoms with E-state index >= 15 is 0 Å². The lowest BCUT2D eigenvalue weighted by atomic mass is 10.2. The monoisotopic (exact) mass is 217 g/mol. The molecule has 0 aromatic carbocycles. The molecule has 0 N–H and O–H groups in total. The van der Waals surface area contributed by atoms with Gasteiger partial charge in [0.25, 0.3) is 0 Å². The van der Waals surface area contributed by atoms with Crippen molar-refractivity contribution in [3.05, 3.63) is 35.8 Å². The standard InChI is InChI=1S/C10H10F3NO/c1-2-15-6-5-8-3-4-9(14-7-8)10(11,12)13/h3-7H,2H2,1H3. The zero-order valence-electron chi connectivity index (χ0n) is 8.08. The second-order valence-corrected chi connectivity index (χ2v) is 2.73. The molecular weight excluding hydrogens is 207 g/mol. The summed E-state index contributed by atoms with van der Waals surface area (Å²) < 4.78 is 41.3. The Kier molecular flexibility index (Phi) is 3.71. The molecule has 0 saturated carbocycles. The van der Waals surface area contributed by atoms with Crippen LogP contribution in [0.3, 0.4) is 0 Å². The third-order valence-corrected chi connectivity index (χ3v) is 1.60. The van der Waals surface area contributed by atoms with Crippen LogP contribution in [0.25, 0.3) is 6.08 Å². The molecule has 0 amide bonds. The van der Waals surface area contributed by atoms with Crippen molar-refractivity contribution in [3.63, 3.8) is 0 Å². The number of hydrogen-bond acceptors (Lipinski definition) is 2. The van der Waals surface area contributed by atoms with E-state index in [1.165, 1.54) is 12.3 Å². The summed E-state index contributed by atoms with van der Waals surface area (Å²) in [5.74, 6) is 0. The van der Waals surface area contributed by atoms with Gasteiger partial charge in [-0.3, -0.25) is 4.98 Å². The first kappa shape index (κ1) is 11.6. The molecule has 0 atom stereocenters. The first-order valence-electron chi connectivity index (χ1n) is 4.35. The predicted molar refractivity (Wildman–Crippen MR) is 49.9 cm³/mol. The van der Waals surface area contributed by atoms with Crippen LogP contribution >= 0.6 is 0 Å². The number of rotatable bonds is 3. The van der Waals surface area contributed by atoms with Crippen LogP contribution in [0.4, 0.5) is 13.2 Å². The van der Waals surface area contributed by atoms with Gasteiger partial charge in [0.15, 0.2) is 0 Å². The van der Waals surface area contributed by atoms with Crippen LogP contribution in [0.1, 0.15) is 18.2 Å². The van der Waals surface area contributed by atoms with E-state index in [2.05, 4.69) is 4.98 Å². The number of alkyl halides is 3. The average molecular weight is 217 g/mol. The van der Waals surface area contributed by atoms with Crippen molar-refractivity contribution in [2.75, 3.05) is 6.61 Å². The molecule has 1 aromatic rings. The third-order valence-electron chi connectivity index (χ3n) is 1.60. The van der Waals surface area contributed by atoms with E-state index in [0.717, 1.165) is 12.3 Å². The van der Waals surface area contributed by atoms with E-state index in [1.807, 2.05) is 6.92 Å². The van der Waals surface area contributed by atoms with Crippen LogP contribution in [0, 0.1) is 0 Å². The average Bonchev–Trinajstić information content (AvgIpc) is 2.18. The fourth-order valence-corrected chi connectivity index (χ4v) is 0.894. The fraction of sp³-hybridized carbons (Fsp3) is 0.300. The van der Waals surface area contributed by atoms with E-state index in [9.17, 15) is 13.2 Å². The Morgan fingerprint density at radius 2 is 2.13 bits per heavy atom. The molecule has 0 spiro atoms. The van der Waals surface area contributed by atoms with Crippen molar-refractivity contribution in [2.45, 2.75) is 13.1 Å². The number of pyridine rings is 1. The summed E-state index contributed by atoms with van der Waals surface area (Å²) in [5.41, 5.74) is -0.326. The van der Waals surface area contributed by atoms with Gasteiger partial charge in [-0.2, -0.15) is 13.2 Å². The molecular formula is C10H10F3NO. The van der Waals surface area contributed by atoms with Crippen LogP contribution in [-0.2, 0) is 10.9 Å². The van der Waals surface area contributed by atoms with Crippen LogP contribution in [0.5, 0.6) is 0 Å². The van der Waals surface area contributed by atoms with E-state index in [-0.39, 0.29) is 0 Å². The minimum absolute atomic E-state index is 0.518. The van der Waals surface area contributed by atoms with Crippen molar-refractivity contribution in [3.8, 4) is 0 Å². The summed E-state index contributed by atoms with van der Waals surface area (Å²) in [5, 5.41) is 0. The molecule has 0 bridgehead atoms. The van der Waals surface area contributed by atoms with Gasteiger partial charge in [-0.25, -0.2) is 0 Å². The maximum absolute atomic E-state index is 12.1. The molecule has 0 saturated heterocycles. The Labute approximate surface area is 85.4 Å². The molecule has 1 aromatic heterocycles. The van der Waals surface area contributed by atoms with Gasteiger partial charge in [0, 0.05) is 6.20 Å². The van der Waals surface area contributed by atoms with Gasteiger partial charge in [0.1, 0.15) is 5.69 Å². The highest BCUT2D eigenvalue weighted by Gasteiger charge is 2.31. The molecule has 0 fully saturated rings. The van der Waals surface area contributed by atoms with Gasteiger partial charge < -0.3 is 4.74 Å². The highest BCUT2D eigenvalue weighted by Crippen LogP contribution is 2.27. The normalized spacial score (nSPS) is 12.0. The summed E-state index contributed by atoms with van der Waals surface area (Å²) in [7, 11) is 0. The van der Waals surface area contributed by atoms with Gasteiger partial charge in [-0.1, -0.05) is 6.07 Å². The highest BCUT2D eigenvalue weighted by molar-refractivity contribution is 5.46. The van der Waals surface area contributed by atoms with Gasteiger partial charge in [0.05, 0.1) is 12.9 Å². The zero-order chi connectivity index (χ0) is 11.3. The van der Waals surface area contributed by atoms with Crippen molar-refractivity contribution in [2.24, 2.45) is 0 Å². The van der Waals surface area contributed by atoms with Crippen molar-refractivity contribution in [1.82, 2.24) is 4.98 Å². The molecule has 0 aliphatic heterocycles. The minimum Gasteiger partial charge on any atom is -0.501 e. The minimum atomic E-state index is -4.39. The maximum Gasteiger partial charge on any atom is 0.433 e. The third kappa shape index (κ3) is 3.61. The Bertz CT molecular complexity index is 330. The SMILES string of the molecule is CCOC=Cc1ccc(C(F)(F)F)nc1. The lowest BCUT2D eigenvalue weighted by Crippen LogP contribution is -2.07. The van der Waals surface area contributed by atoms with Crippen LogP contribution in [0.15, 0.2) is 24.6 Å². The number of hydrogen-bond donors (Lipinski definition) is 0. The van der Waals surface area contributed by atoms with E-state index in [4.69, 9.17) is 4.74 Å². The predicted octanol–water partition coefficient (Wildman–Crippen LogP) is 3.11. The molecule has 2 nitrogen and oxygen atoms in total. The quantitative estimate of drug-likeness (QED) is 0.726. The summed E-state index contributed by atoms with van der Waals surface area (Å²) >= 11 is 0. The van der Waals surface area contributed by atoms with Crippen LogP contribution < -0.4 is 0 Å². The zero-order valence-corrected chi connectivity index (χ0v) is 8.08. The topological polar surface area (TPSA) is 22.1 Å². The number of halogens is 3. The van der Waals surface area contributed by atoms with Gasteiger partial charge >= 0.3 is 6.18 Å². The van der Waals surface area contributed by atoms with E-state index in [1.54, 1.807) is 6.08 Å². The number of nitrogens with zero attached hydrogens (tertiary/aromatic N) is 1. The van der Waals surface area contributed by atoms with E-state index < -0.39 is 11.9 Å². The molecule has 0 radical (unpaired) electrons. The van der Waals surface area contributed by atoms with Gasteiger partial charge in [-0.05, 0) is 24.6 Å². The van der Waals surface area contributed by atoms with E-state index in [0.29, 0.717) is 12.2 Å². The fourth-order valence-electron chi connectivity index (χ4n) is 0.894. The molecule has 15 heavy (non-hydrogen) atoms.